The quantitative estimate of drug-likeness (QED) is 0.782. The Morgan fingerprint density at radius 3 is 2.40 bits per heavy atom. The van der Waals surface area contributed by atoms with Gasteiger partial charge in [-0.2, -0.15) is 0 Å². The maximum Gasteiger partial charge on any atom is 0.248 e. The van der Waals surface area contributed by atoms with Gasteiger partial charge in [0.05, 0.1) is 6.54 Å². The number of likely N-dealkylation sites (N-methyl/N-ethyl adjacent to an activating group) is 1. The predicted octanol–water partition coefficient (Wildman–Crippen LogP) is 1.05. The first-order chi connectivity index (χ1) is 9.49. The Balaban J connectivity index is 2.54. The van der Waals surface area contributed by atoms with Crippen LogP contribution in [0.3, 0.4) is 0 Å². The first-order valence-corrected chi connectivity index (χ1v) is 6.87. The van der Waals surface area contributed by atoms with Gasteiger partial charge in [0, 0.05) is 25.2 Å². The first-order valence-electron chi connectivity index (χ1n) is 6.87. The summed E-state index contributed by atoms with van der Waals surface area (Å²) in [5.74, 6) is -0.328. The highest BCUT2D eigenvalue weighted by Gasteiger charge is 2.09. The molecule has 0 unspecified atom stereocenters. The molecule has 1 aromatic rings. The molecule has 0 aliphatic heterocycles. The van der Waals surface area contributed by atoms with Crippen molar-refractivity contribution in [1.82, 2.24) is 10.2 Å². The normalized spacial score (nSPS) is 10.3. The van der Waals surface area contributed by atoms with Crippen molar-refractivity contribution < 1.29 is 9.59 Å². The highest BCUT2D eigenvalue weighted by molar-refractivity contribution is 5.93. The molecule has 0 fully saturated rings. The number of hydrogen-bond donors (Lipinski definition) is 2. The molecule has 5 nitrogen and oxygen atoms in total. The zero-order valence-corrected chi connectivity index (χ0v) is 12.4. The minimum absolute atomic E-state index is 0.0985. The number of hydrogen-bond acceptors (Lipinski definition) is 3. The molecule has 0 heterocycles. The van der Waals surface area contributed by atoms with Crippen molar-refractivity contribution in [3.05, 3.63) is 34.9 Å². The van der Waals surface area contributed by atoms with Crippen molar-refractivity contribution in [3.63, 3.8) is 0 Å². The van der Waals surface area contributed by atoms with Crippen molar-refractivity contribution in [2.45, 2.75) is 27.3 Å². The predicted molar refractivity (Wildman–Crippen MR) is 79.3 cm³/mol. The van der Waals surface area contributed by atoms with E-state index in [9.17, 15) is 9.59 Å². The summed E-state index contributed by atoms with van der Waals surface area (Å²) >= 11 is 0. The Labute approximate surface area is 120 Å². The van der Waals surface area contributed by atoms with E-state index in [2.05, 4.69) is 5.32 Å². The van der Waals surface area contributed by atoms with Gasteiger partial charge in [-0.1, -0.05) is 6.07 Å². The number of nitrogens with one attached hydrogen (secondary N) is 1. The summed E-state index contributed by atoms with van der Waals surface area (Å²) in [6.45, 7) is 8.22. The average Bonchev–Trinajstić information content (AvgIpc) is 2.41. The van der Waals surface area contributed by atoms with E-state index in [1.54, 1.807) is 17.0 Å². The third-order valence-electron chi connectivity index (χ3n) is 3.33. The van der Waals surface area contributed by atoms with E-state index >= 15 is 0 Å². The van der Waals surface area contributed by atoms with Gasteiger partial charge in [0.15, 0.2) is 0 Å². The molecule has 0 saturated heterocycles. The maximum absolute atomic E-state index is 11.8. The molecule has 5 heteroatoms. The number of nitrogens with two attached hydrogens (primary N) is 1. The van der Waals surface area contributed by atoms with E-state index in [0.29, 0.717) is 18.7 Å². The molecule has 110 valence electrons. The first kappa shape index (κ1) is 16.2. The second-order valence-electron chi connectivity index (χ2n) is 4.68. The molecular formula is C15H23N3O2. The van der Waals surface area contributed by atoms with Crippen LogP contribution in [0.2, 0.25) is 0 Å². The van der Waals surface area contributed by atoms with Gasteiger partial charge >= 0.3 is 0 Å². The zero-order chi connectivity index (χ0) is 15.1. The van der Waals surface area contributed by atoms with E-state index < -0.39 is 5.91 Å². The van der Waals surface area contributed by atoms with E-state index in [1.807, 2.05) is 26.8 Å². The second kappa shape index (κ2) is 7.65. The van der Waals surface area contributed by atoms with Gasteiger partial charge in [-0.25, -0.2) is 0 Å². The number of primary amides is 1. The summed E-state index contributed by atoms with van der Waals surface area (Å²) in [5, 5.41) is 3.13. The van der Waals surface area contributed by atoms with Gasteiger partial charge in [-0.3, -0.25) is 9.59 Å². The van der Waals surface area contributed by atoms with Crippen LogP contribution in [0, 0.1) is 6.92 Å². The van der Waals surface area contributed by atoms with E-state index in [4.69, 9.17) is 5.73 Å². The highest BCUT2D eigenvalue weighted by atomic mass is 16.2. The molecule has 0 bridgehead atoms. The lowest BCUT2D eigenvalue weighted by atomic mass is 10.0. The number of carbonyl (C=O) groups excluding carboxylic acids is 2. The summed E-state index contributed by atoms with van der Waals surface area (Å²) in [7, 11) is 0. The summed E-state index contributed by atoms with van der Waals surface area (Å²) in [6.07, 6.45) is 0. The van der Waals surface area contributed by atoms with Gasteiger partial charge < -0.3 is 16.0 Å². The Kier molecular flexibility index (Phi) is 6.18. The number of amides is 2. The Morgan fingerprint density at radius 1 is 1.25 bits per heavy atom. The number of nitrogens with zero attached hydrogens (tertiary/aromatic N) is 1. The van der Waals surface area contributed by atoms with Crippen LogP contribution in [0.5, 0.6) is 0 Å². The van der Waals surface area contributed by atoms with E-state index in [1.165, 1.54) is 0 Å². The zero-order valence-electron chi connectivity index (χ0n) is 12.4. The molecule has 0 aliphatic carbocycles. The molecule has 2 amide bonds. The summed E-state index contributed by atoms with van der Waals surface area (Å²) in [6, 6.07) is 5.34. The molecular weight excluding hydrogens is 254 g/mol. The lowest BCUT2D eigenvalue weighted by molar-refractivity contribution is -0.129. The van der Waals surface area contributed by atoms with Crippen LogP contribution in [0.4, 0.5) is 0 Å². The fourth-order valence-electron chi connectivity index (χ4n) is 2.04. The number of aryl methyl sites for hydroxylation is 1. The van der Waals surface area contributed by atoms with Gasteiger partial charge in [-0.05, 0) is 44.0 Å². The Bertz CT molecular complexity index is 482. The average molecular weight is 277 g/mol. The lowest BCUT2D eigenvalue weighted by Crippen LogP contribution is -2.37. The molecule has 0 aliphatic rings. The van der Waals surface area contributed by atoms with Crippen LogP contribution >= 0.6 is 0 Å². The van der Waals surface area contributed by atoms with Gasteiger partial charge in [0.25, 0.3) is 0 Å². The Hall–Kier alpha value is -1.88. The van der Waals surface area contributed by atoms with Crippen molar-refractivity contribution in [3.8, 4) is 0 Å². The van der Waals surface area contributed by atoms with E-state index in [-0.39, 0.29) is 5.91 Å². The van der Waals surface area contributed by atoms with Gasteiger partial charge in [0.2, 0.25) is 11.8 Å². The number of rotatable bonds is 7. The third-order valence-corrected chi connectivity index (χ3v) is 3.33. The topological polar surface area (TPSA) is 75.4 Å². The van der Waals surface area contributed by atoms with Gasteiger partial charge in [0.1, 0.15) is 0 Å². The third kappa shape index (κ3) is 4.35. The summed E-state index contributed by atoms with van der Waals surface area (Å²) < 4.78 is 0. The minimum atomic E-state index is -0.427. The van der Waals surface area contributed by atoms with Gasteiger partial charge in [-0.15, -0.1) is 0 Å². The molecule has 0 radical (unpaired) electrons. The summed E-state index contributed by atoms with van der Waals surface area (Å²) in [4.78, 5) is 24.7. The fourth-order valence-corrected chi connectivity index (χ4v) is 2.04. The fraction of sp³-hybridized carbons (Fsp3) is 0.467. The lowest BCUT2D eigenvalue weighted by Gasteiger charge is -2.19. The molecule has 0 spiro atoms. The standard InChI is InChI=1S/C15H23N3O2/c1-4-18(5-2)14(19)10-17-9-13-7-6-12(15(16)20)8-11(13)3/h6-8,17H,4-5,9-10H2,1-3H3,(H2,16,20). The number of benzene rings is 1. The van der Waals surface area contributed by atoms with Crippen LogP contribution in [-0.4, -0.2) is 36.3 Å². The molecule has 0 aromatic heterocycles. The van der Waals surface area contributed by atoms with Crippen LogP contribution in [-0.2, 0) is 11.3 Å². The van der Waals surface area contributed by atoms with Crippen LogP contribution in [0.15, 0.2) is 18.2 Å². The molecule has 0 atom stereocenters. The Morgan fingerprint density at radius 2 is 1.90 bits per heavy atom. The van der Waals surface area contributed by atoms with E-state index in [0.717, 1.165) is 24.2 Å². The van der Waals surface area contributed by atoms with Crippen LogP contribution in [0.25, 0.3) is 0 Å². The molecule has 20 heavy (non-hydrogen) atoms. The van der Waals surface area contributed by atoms with Crippen LogP contribution < -0.4 is 11.1 Å². The second-order valence-corrected chi connectivity index (χ2v) is 4.68. The van der Waals surface area contributed by atoms with Crippen molar-refractivity contribution >= 4 is 11.8 Å². The van der Waals surface area contributed by atoms with Crippen molar-refractivity contribution in [1.29, 1.82) is 0 Å². The smallest absolute Gasteiger partial charge is 0.248 e. The number of carbonyl (C=O) groups is 2. The highest BCUT2D eigenvalue weighted by Crippen LogP contribution is 2.10. The SMILES string of the molecule is CCN(CC)C(=O)CNCc1ccc(C(N)=O)cc1C. The summed E-state index contributed by atoms with van der Waals surface area (Å²) in [5.41, 5.74) is 7.78. The largest absolute Gasteiger partial charge is 0.366 e. The molecule has 1 rings (SSSR count). The molecule has 1 aromatic carbocycles. The van der Waals surface area contributed by atoms with Crippen molar-refractivity contribution in [2.75, 3.05) is 19.6 Å². The minimum Gasteiger partial charge on any atom is -0.366 e. The molecule has 0 saturated carbocycles. The van der Waals surface area contributed by atoms with Crippen LogP contribution in [0.1, 0.15) is 35.3 Å². The molecule has 3 N–H and O–H groups in total. The van der Waals surface area contributed by atoms with Crippen molar-refractivity contribution in [2.24, 2.45) is 5.73 Å². The maximum atomic E-state index is 11.8. The monoisotopic (exact) mass is 277 g/mol.